The van der Waals surface area contributed by atoms with Crippen molar-refractivity contribution in [2.24, 2.45) is 0 Å². The summed E-state index contributed by atoms with van der Waals surface area (Å²) in [4.78, 5) is 13.9. The summed E-state index contributed by atoms with van der Waals surface area (Å²) in [7, 11) is 0. The van der Waals surface area contributed by atoms with Gasteiger partial charge in [0.25, 0.3) is 0 Å². The van der Waals surface area contributed by atoms with Gasteiger partial charge in [-0.2, -0.15) is 11.8 Å². The van der Waals surface area contributed by atoms with Crippen molar-refractivity contribution in [1.29, 1.82) is 0 Å². The molecule has 0 radical (unpaired) electrons. The summed E-state index contributed by atoms with van der Waals surface area (Å²) in [5, 5.41) is 0. The molecule has 1 aromatic carbocycles. The number of rotatable bonds is 7. The molecule has 1 aromatic rings. The lowest BCUT2D eigenvalue weighted by Crippen LogP contribution is -2.41. The number of carbonyl (C=O) groups is 1. The summed E-state index contributed by atoms with van der Waals surface area (Å²) in [5.41, 5.74) is 1.48. The lowest BCUT2D eigenvalue weighted by Gasteiger charge is -2.26. The third kappa shape index (κ3) is 6.36. The van der Waals surface area contributed by atoms with Crippen LogP contribution >= 0.6 is 11.8 Å². The topological polar surface area (TPSA) is 38.8 Å². The zero-order chi connectivity index (χ0) is 17.4. The second kappa shape index (κ2) is 9.33. The van der Waals surface area contributed by atoms with Crippen LogP contribution in [0.4, 0.5) is 0 Å². The van der Waals surface area contributed by atoms with E-state index in [0.29, 0.717) is 25.6 Å². The number of benzene rings is 1. The Morgan fingerprint density at radius 3 is 2.50 bits per heavy atom. The number of thioether (sulfide) groups is 1. The normalized spacial score (nSPS) is 15.4. The standard InChI is InChI=1S/C19H29NO3S/c1-19(2,3)16-5-7-17(8-6-16)23-11-4-14-24-15-18(21)20-9-12-22-13-10-20/h5-8H,4,9-15H2,1-3H3. The van der Waals surface area contributed by atoms with E-state index in [1.54, 1.807) is 11.8 Å². The monoisotopic (exact) mass is 351 g/mol. The van der Waals surface area contributed by atoms with Crippen LogP contribution in [0.3, 0.4) is 0 Å². The third-order valence-corrected chi connectivity index (χ3v) is 5.04. The summed E-state index contributed by atoms with van der Waals surface area (Å²) in [6.45, 7) is 10.1. The van der Waals surface area contributed by atoms with Gasteiger partial charge in [0.05, 0.1) is 25.6 Å². The maximum absolute atomic E-state index is 12.0. The van der Waals surface area contributed by atoms with Crippen LogP contribution in [0.5, 0.6) is 5.75 Å². The molecule has 134 valence electrons. The fourth-order valence-electron chi connectivity index (χ4n) is 2.47. The minimum Gasteiger partial charge on any atom is -0.494 e. The summed E-state index contributed by atoms with van der Waals surface area (Å²) >= 11 is 1.68. The molecule has 0 aromatic heterocycles. The molecule has 0 bridgehead atoms. The van der Waals surface area contributed by atoms with E-state index < -0.39 is 0 Å². The van der Waals surface area contributed by atoms with Gasteiger partial charge < -0.3 is 14.4 Å². The molecule has 1 saturated heterocycles. The molecule has 24 heavy (non-hydrogen) atoms. The summed E-state index contributed by atoms with van der Waals surface area (Å²) in [5.74, 6) is 2.63. The van der Waals surface area contributed by atoms with E-state index in [4.69, 9.17) is 9.47 Å². The lowest BCUT2D eigenvalue weighted by molar-refractivity contribution is -0.132. The number of ether oxygens (including phenoxy) is 2. The Hall–Kier alpha value is -1.20. The van der Waals surface area contributed by atoms with Crippen molar-refractivity contribution in [1.82, 2.24) is 4.90 Å². The molecule has 0 unspecified atom stereocenters. The molecule has 5 heteroatoms. The molecule has 1 aliphatic rings. The van der Waals surface area contributed by atoms with Gasteiger partial charge >= 0.3 is 0 Å². The minimum atomic E-state index is 0.169. The van der Waals surface area contributed by atoms with Gasteiger partial charge in [0, 0.05) is 13.1 Å². The van der Waals surface area contributed by atoms with Gasteiger partial charge in [-0.25, -0.2) is 0 Å². The van der Waals surface area contributed by atoms with Crippen LogP contribution in [0.1, 0.15) is 32.8 Å². The van der Waals surface area contributed by atoms with Crippen LogP contribution in [0.15, 0.2) is 24.3 Å². The maximum atomic E-state index is 12.0. The highest BCUT2D eigenvalue weighted by Gasteiger charge is 2.16. The number of morpholine rings is 1. The molecule has 4 nitrogen and oxygen atoms in total. The fourth-order valence-corrected chi connectivity index (χ4v) is 3.29. The predicted molar refractivity (Wildman–Crippen MR) is 100.0 cm³/mol. The van der Waals surface area contributed by atoms with Gasteiger partial charge in [-0.05, 0) is 35.3 Å². The van der Waals surface area contributed by atoms with E-state index in [1.807, 2.05) is 17.0 Å². The van der Waals surface area contributed by atoms with E-state index in [9.17, 15) is 4.79 Å². The van der Waals surface area contributed by atoms with Crippen LogP contribution < -0.4 is 4.74 Å². The highest BCUT2D eigenvalue weighted by Crippen LogP contribution is 2.24. The van der Waals surface area contributed by atoms with Crippen LogP contribution in [-0.4, -0.2) is 55.2 Å². The van der Waals surface area contributed by atoms with Crippen LogP contribution in [-0.2, 0) is 14.9 Å². The van der Waals surface area contributed by atoms with Crippen molar-refractivity contribution >= 4 is 17.7 Å². The van der Waals surface area contributed by atoms with Gasteiger partial charge in [0.1, 0.15) is 5.75 Å². The number of amides is 1. The third-order valence-electron chi connectivity index (χ3n) is 4.01. The molecule has 0 spiro atoms. The van der Waals surface area contributed by atoms with E-state index >= 15 is 0 Å². The molecule has 1 fully saturated rings. The molecule has 1 aliphatic heterocycles. The SMILES string of the molecule is CC(C)(C)c1ccc(OCCCSCC(=O)N2CCOCC2)cc1. The van der Waals surface area contributed by atoms with Crippen LogP contribution in [0.2, 0.25) is 0 Å². The van der Waals surface area contributed by atoms with E-state index in [2.05, 4.69) is 32.9 Å². The van der Waals surface area contributed by atoms with Gasteiger partial charge in [-0.3, -0.25) is 4.79 Å². The second-order valence-electron chi connectivity index (χ2n) is 7.02. The Morgan fingerprint density at radius 1 is 1.21 bits per heavy atom. The van der Waals surface area contributed by atoms with Gasteiger partial charge in [0.2, 0.25) is 5.91 Å². The van der Waals surface area contributed by atoms with Gasteiger partial charge in [-0.15, -0.1) is 0 Å². The Kier molecular flexibility index (Phi) is 7.43. The summed E-state index contributed by atoms with van der Waals surface area (Å²) < 4.78 is 11.0. The molecule has 1 amide bonds. The first-order chi connectivity index (χ1) is 11.5. The first kappa shape index (κ1) is 19.1. The molecular weight excluding hydrogens is 322 g/mol. The molecule has 0 aliphatic carbocycles. The summed E-state index contributed by atoms with van der Waals surface area (Å²) in [6, 6.07) is 8.33. The first-order valence-corrected chi connectivity index (χ1v) is 9.79. The smallest absolute Gasteiger partial charge is 0.232 e. The fraction of sp³-hybridized carbons (Fsp3) is 0.632. The molecule has 1 heterocycles. The van der Waals surface area contributed by atoms with Crippen molar-refractivity contribution in [3.05, 3.63) is 29.8 Å². The lowest BCUT2D eigenvalue weighted by atomic mass is 9.87. The molecule has 2 rings (SSSR count). The van der Waals surface area contributed by atoms with Gasteiger partial charge in [0.15, 0.2) is 0 Å². The van der Waals surface area contributed by atoms with E-state index in [0.717, 1.165) is 31.0 Å². The molecule has 0 atom stereocenters. The minimum absolute atomic E-state index is 0.169. The maximum Gasteiger partial charge on any atom is 0.232 e. The van der Waals surface area contributed by atoms with Crippen LogP contribution in [0, 0.1) is 0 Å². The summed E-state index contributed by atoms with van der Waals surface area (Å²) in [6.07, 6.45) is 0.947. The Labute approximate surface area is 149 Å². The average Bonchev–Trinajstić information content (AvgIpc) is 2.58. The largest absolute Gasteiger partial charge is 0.494 e. The Balaban J connectivity index is 1.57. The predicted octanol–water partition coefficient (Wildman–Crippen LogP) is 3.35. The average molecular weight is 352 g/mol. The first-order valence-electron chi connectivity index (χ1n) is 8.63. The quantitative estimate of drug-likeness (QED) is 0.706. The number of hydrogen-bond donors (Lipinski definition) is 0. The zero-order valence-corrected chi connectivity index (χ0v) is 15.9. The molecule has 0 N–H and O–H groups in total. The van der Waals surface area contributed by atoms with Crippen molar-refractivity contribution < 1.29 is 14.3 Å². The molecular formula is C19H29NO3S. The number of nitrogens with zero attached hydrogens (tertiary/aromatic N) is 1. The van der Waals surface area contributed by atoms with Crippen molar-refractivity contribution in [2.75, 3.05) is 44.4 Å². The zero-order valence-electron chi connectivity index (χ0n) is 15.0. The highest BCUT2D eigenvalue weighted by molar-refractivity contribution is 7.99. The van der Waals surface area contributed by atoms with Crippen LogP contribution in [0.25, 0.3) is 0 Å². The Morgan fingerprint density at radius 2 is 1.88 bits per heavy atom. The van der Waals surface area contributed by atoms with E-state index in [-0.39, 0.29) is 11.3 Å². The van der Waals surface area contributed by atoms with Gasteiger partial charge in [-0.1, -0.05) is 32.9 Å². The van der Waals surface area contributed by atoms with Crippen molar-refractivity contribution in [3.63, 3.8) is 0 Å². The van der Waals surface area contributed by atoms with Crippen molar-refractivity contribution in [2.45, 2.75) is 32.6 Å². The van der Waals surface area contributed by atoms with E-state index in [1.165, 1.54) is 5.56 Å². The second-order valence-corrected chi connectivity index (χ2v) is 8.13. The van der Waals surface area contributed by atoms with Crippen molar-refractivity contribution in [3.8, 4) is 5.75 Å². The number of carbonyl (C=O) groups excluding carboxylic acids is 1. The Bertz CT molecular complexity index is 504. The highest BCUT2D eigenvalue weighted by atomic mass is 32.2. The number of hydrogen-bond acceptors (Lipinski definition) is 4. The molecule has 0 saturated carbocycles.